The van der Waals surface area contributed by atoms with Crippen LogP contribution in [0.4, 0.5) is 18.9 Å². The molecule has 0 saturated heterocycles. The molecule has 4 nitrogen and oxygen atoms in total. The van der Waals surface area contributed by atoms with Crippen molar-refractivity contribution in [1.82, 2.24) is 0 Å². The minimum atomic E-state index is -4.56. The van der Waals surface area contributed by atoms with E-state index < -0.39 is 23.6 Å². The predicted octanol–water partition coefficient (Wildman–Crippen LogP) is 6.42. The molecule has 0 heterocycles. The maximum absolute atomic E-state index is 13.1. The standard InChI is InChI=1S/C26H28F3NO3/c1-2-3-4-5-6-7-8-9-10-19-11-13-20(14-12-19)17-21-18-22(26(27,28)29)15-16-23(21)30-24(31)25(32)33/h11-16,18H,2-8,17H2,1H3,(H,30,31)(H,32,33). The lowest BCUT2D eigenvalue weighted by atomic mass is 9.99. The van der Waals surface area contributed by atoms with Crippen LogP contribution in [0.1, 0.15) is 74.1 Å². The first-order valence-corrected chi connectivity index (χ1v) is 11.0. The third-order valence-corrected chi connectivity index (χ3v) is 5.11. The van der Waals surface area contributed by atoms with Crippen LogP contribution in [0.3, 0.4) is 0 Å². The van der Waals surface area contributed by atoms with E-state index >= 15 is 0 Å². The van der Waals surface area contributed by atoms with Crippen LogP contribution in [0.25, 0.3) is 0 Å². The van der Waals surface area contributed by atoms with Crippen LogP contribution in [0.2, 0.25) is 0 Å². The second kappa shape index (κ2) is 12.7. The van der Waals surface area contributed by atoms with Gasteiger partial charge in [-0.1, -0.05) is 63.0 Å². The molecule has 0 saturated carbocycles. The van der Waals surface area contributed by atoms with Gasteiger partial charge in [-0.25, -0.2) is 4.79 Å². The molecule has 0 spiro atoms. The molecule has 0 unspecified atom stereocenters. The highest BCUT2D eigenvalue weighted by atomic mass is 19.4. The number of amides is 1. The summed E-state index contributed by atoms with van der Waals surface area (Å²) in [6.45, 7) is 2.19. The molecule has 2 aromatic carbocycles. The van der Waals surface area contributed by atoms with Gasteiger partial charge in [-0.15, -0.1) is 0 Å². The van der Waals surface area contributed by atoms with E-state index in [1.807, 2.05) is 0 Å². The number of hydrogen-bond donors (Lipinski definition) is 2. The number of hydrogen-bond acceptors (Lipinski definition) is 2. The lowest BCUT2D eigenvalue weighted by Crippen LogP contribution is -2.22. The van der Waals surface area contributed by atoms with Crippen LogP contribution in [0.5, 0.6) is 0 Å². The summed E-state index contributed by atoms with van der Waals surface area (Å²) in [7, 11) is 0. The van der Waals surface area contributed by atoms with E-state index in [4.69, 9.17) is 5.11 Å². The van der Waals surface area contributed by atoms with Crippen LogP contribution < -0.4 is 5.32 Å². The average molecular weight is 460 g/mol. The van der Waals surface area contributed by atoms with Gasteiger partial charge in [-0.2, -0.15) is 13.2 Å². The van der Waals surface area contributed by atoms with Crippen LogP contribution in [0, 0.1) is 11.8 Å². The Kier molecular flexibility index (Phi) is 9.99. The highest BCUT2D eigenvalue weighted by molar-refractivity contribution is 6.36. The van der Waals surface area contributed by atoms with Crippen molar-refractivity contribution in [2.75, 3.05) is 5.32 Å². The maximum atomic E-state index is 13.1. The summed E-state index contributed by atoms with van der Waals surface area (Å²) in [6.07, 6.45) is 3.58. The molecule has 0 aliphatic rings. The molecule has 0 atom stereocenters. The van der Waals surface area contributed by atoms with Crippen LogP contribution in [-0.4, -0.2) is 17.0 Å². The molecule has 1 amide bonds. The molecule has 2 rings (SSSR count). The molecule has 33 heavy (non-hydrogen) atoms. The van der Waals surface area contributed by atoms with Gasteiger partial charge in [0.2, 0.25) is 0 Å². The van der Waals surface area contributed by atoms with Gasteiger partial charge in [-0.3, -0.25) is 4.79 Å². The number of carbonyl (C=O) groups excluding carboxylic acids is 1. The predicted molar refractivity (Wildman–Crippen MR) is 122 cm³/mol. The molecule has 0 aliphatic carbocycles. The largest absolute Gasteiger partial charge is 0.474 e. The van der Waals surface area contributed by atoms with Crippen molar-refractivity contribution in [3.63, 3.8) is 0 Å². The Balaban J connectivity index is 2.06. The van der Waals surface area contributed by atoms with E-state index in [9.17, 15) is 22.8 Å². The molecule has 2 aromatic rings. The smallest absolute Gasteiger partial charge is 0.416 e. The second-order valence-corrected chi connectivity index (χ2v) is 7.82. The fraction of sp³-hybridized carbons (Fsp3) is 0.385. The van der Waals surface area contributed by atoms with E-state index in [0.717, 1.165) is 36.6 Å². The zero-order valence-corrected chi connectivity index (χ0v) is 18.6. The van der Waals surface area contributed by atoms with Gasteiger partial charge < -0.3 is 10.4 Å². The van der Waals surface area contributed by atoms with Gasteiger partial charge in [0.05, 0.1) is 5.56 Å². The van der Waals surface area contributed by atoms with E-state index in [1.54, 1.807) is 24.3 Å². The Morgan fingerprint density at radius 3 is 2.27 bits per heavy atom. The zero-order valence-electron chi connectivity index (χ0n) is 18.6. The van der Waals surface area contributed by atoms with E-state index in [2.05, 4.69) is 24.1 Å². The molecule has 176 valence electrons. The number of benzene rings is 2. The van der Waals surface area contributed by atoms with Crippen molar-refractivity contribution in [1.29, 1.82) is 0 Å². The Morgan fingerprint density at radius 2 is 1.64 bits per heavy atom. The molecule has 7 heteroatoms. The Labute approximate surface area is 192 Å². The number of nitrogens with one attached hydrogen (secondary N) is 1. The van der Waals surface area contributed by atoms with Crippen molar-refractivity contribution in [2.24, 2.45) is 0 Å². The molecule has 0 aromatic heterocycles. The summed E-state index contributed by atoms with van der Waals surface area (Å²) >= 11 is 0. The van der Waals surface area contributed by atoms with Crippen LogP contribution in [-0.2, 0) is 22.2 Å². The van der Waals surface area contributed by atoms with Crippen molar-refractivity contribution in [2.45, 2.75) is 64.5 Å². The molecule has 0 radical (unpaired) electrons. The number of aliphatic carboxylic acids is 1. The first kappa shape index (κ1) is 26.0. The van der Waals surface area contributed by atoms with Gasteiger partial charge in [0, 0.05) is 17.7 Å². The fourth-order valence-corrected chi connectivity index (χ4v) is 3.30. The zero-order chi connectivity index (χ0) is 24.3. The van der Waals surface area contributed by atoms with E-state index in [0.29, 0.717) is 5.56 Å². The van der Waals surface area contributed by atoms with Crippen LogP contribution >= 0.6 is 0 Å². The Bertz CT molecular complexity index is 1000. The minimum absolute atomic E-state index is 0.0261. The number of anilines is 1. The first-order valence-electron chi connectivity index (χ1n) is 11.0. The monoisotopic (exact) mass is 459 g/mol. The second-order valence-electron chi connectivity index (χ2n) is 7.82. The van der Waals surface area contributed by atoms with Crippen molar-refractivity contribution >= 4 is 17.6 Å². The average Bonchev–Trinajstić information content (AvgIpc) is 2.77. The topological polar surface area (TPSA) is 66.4 Å². The summed E-state index contributed by atoms with van der Waals surface area (Å²) < 4.78 is 39.4. The molecule has 2 N–H and O–H groups in total. The van der Waals surface area contributed by atoms with Crippen molar-refractivity contribution in [3.05, 3.63) is 64.7 Å². The summed E-state index contributed by atoms with van der Waals surface area (Å²) in [6, 6.07) is 9.92. The number of unbranched alkanes of at least 4 members (excludes halogenated alkanes) is 6. The highest BCUT2D eigenvalue weighted by Crippen LogP contribution is 2.32. The molecule has 0 aliphatic heterocycles. The molecule has 0 fully saturated rings. The highest BCUT2D eigenvalue weighted by Gasteiger charge is 2.31. The normalized spacial score (nSPS) is 10.9. The van der Waals surface area contributed by atoms with Gasteiger partial charge in [0.25, 0.3) is 0 Å². The quantitative estimate of drug-likeness (QED) is 0.258. The van der Waals surface area contributed by atoms with E-state index in [1.165, 1.54) is 32.1 Å². The number of halogens is 3. The van der Waals surface area contributed by atoms with Crippen molar-refractivity contribution < 1.29 is 27.9 Å². The Morgan fingerprint density at radius 1 is 0.970 bits per heavy atom. The number of rotatable bonds is 9. The number of carboxylic acid groups (broad SMARTS) is 1. The maximum Gasteiger partial charge on any atom is 0.416 e. The lowest BCUT2D eigenvalue weighted by molar-refractivity contribution is -0.147. The SMILES string of the molecule is CCCCCCCCC#Cc1ccc(Cc2cc(C(F)(F)F)ccc2NC(=O)C(=O)O)cc1. The third-order valence-electron chi connectivity index (χ3n) is 5.11. The molecular weight excluding hydrogens is 431 g/mol. The number of carbonyl (C=O) groups is 2. The summed E-state index contributed by atoms with van der Waals surface area (Å²) in [5.41, 5.74) is 0.845. The molecular formula is C26H28F3NO3. The summed E-state index contributed by atoms with van der Waals surface area (Å²) in [5, 5.41) is 10.9. The summed E-state index contributed by atoms with van der Waals surface area (Å²) in [5.74, 6) is 3.21. The van der Waals surface area contributed by atoms with Crippen molar-refractivity contribution in [3.8, 4) is 11.8 Å². The van der Waals surface area contributed by atoms with Gasteiger partial charge in [0.15, 0.2) is 0 Å². The number of alkyl halides is 3. The lowest BCUT2D eigenvalue weighted by Gasteiger charge is -2.14. The fourth-order valence-electron chi connectivity index (χ4n) is 3.30. The van der Waals surface area contributed by atoms with E-state index in [-0.39, 0.29) is 17.7 Å². The van der Waals surface area contributed by atoms with Gasteiger partial charge >= 0.3 is 18.1 Å². The van der Waals surface area contributed by atoms with Gasteiger partial charge in [-0.05, 0) is 54.3 Å². The summed E-state index contributed by atoms with van der Waals surface area (Å²) in [4.78, 5) is 22.3. The van der Waals surface area contributed by atoms with Gasteiger partial charge in [0.1, 0.15) is 0 Å². The van der Waals surface area contributed by atoms with Crippen LogP contribution in [0.15, 0.2) is 42.5 Å². The minimum Gasteiger partial charge on any atom is -0.474 e. The molecule has 0 bridgehead atoms. The first-order chi connectivity index (χ1) is 15.7. The Hall–Kier alpha value is -3.27. The number of carboxylic acids is 1. The third kappa shape index (κ3) is 9.01.